The Bertz CT molecular complexity index is 803. The molecule has 0 unspecified atom stereocenters. The molecule has 0 aliphatic carbocycles. The maximum absolute atomic E-state index is 13.3. The number of nitrogens with zero attached hydrogens (tertiary/aromatic N) is 2. The Hall–Kier alpha value is -2.42. The average Bonchev–Trinajstić information content (AvgIpc) is 3.03. The van der Waals surface area contributed by atoms with Gasteiger partial charge in [-0.05, 0) is 47.2 Å². The fourth-order valence-electron chi connectivity index (χ4n) is 3.09. The average molecular weight is 322 g/mol. The first-order valence-electron chi connectivity index (χ1n) is 8.41. The van der Waals surface area contributed by atoms with Gasteiger partial charge < -0.3 is 0 Å². The second kappa shape index (κ2) is 6.60. The molecule has 0 fully saturated rings. The Balaban J connectivity index is 2.24. The number of rotatable bonds is 4. The molecule has 3 rings (SSSR count). The van der Waals surface area contributed by atoms with Gasteiger partial charge in [-0.1, -0.05) is 45.9 Å². The van der Waals surface area contributed by atoms with Crippen LogP contribution < -0.4 is 0 Å². The normalized spacial score (nSPS) is 11.5. The summed E-state index contributed by atoms with van der Waals surface area (Å²) in [5.41, 5.74) is 4.69. The van der Waals surface area contributed by atoms with Crippen LogP contribution in [0.1, 0.15) is 50.7 Å². The van der Waals surface area contributed by atoms with E-state index in [2.05, 4.69) is 55.4 Å². The van der Waals surface area contributed by atoms with E-state index in [1.54, 1.807) is 18.3 Å². The highest BCUT2D eigenvalue weighted by Gasteiger charge is 2.18. The van der Waals surface area contributed by atoms with E-state index < -0.39 is 0 Å². The molecule has 1 heterocycles. The lowest BCUT2D eigenvalue weighted by molar-refractivity contribution is 0.628. The van der Waals surface area contributed by atoms with Crippen LogP contribution >= 0.6 is 0 Å². The van der Waals surface area contributed by atoms with Crippen LogP contribution in [0.25, 0.3) is 17.1 Å². The van der Waals surface area contributed by atoms with Crippen molar-refractivity contribution in [1.29, 1.82) is 0 Å². The number of hydrogen-bond donors (Lipinski definition) is 0. The molecule has 0 radical (unpaired) electrons. The Morgan fingerprint density at radius 3 is 2.00 bits per heavy atom. The number of halogens is 1. The van der Waals surface area contributed by atoms with Gasteiger partial charge in [0.2, 0.25) is 0 Å². The van der Waals surface area contributed by atoms with E-state index >= 15 is 0 Å². The van der Waals surface area contributed by atoms with Crippen LogP contribution in [0.3, 0.4) is 0 Å². The molecule has 0 saturated heterocycles. The number of benzene rings is 2. The van der Waals surface area contributed by atoms with Gasteiger partial charge in [0.25, 0.3) is 0 Å². The van der Waals surface area contributed by atoms with Crippen LogP contribution in [0.5, 0.6) is 0 Å². The smallest absolute Gasteiger partial charge is 0.144 e. The van der Waals surface area contributed by atoms with Crippen LogP contribution in [-0.2, 0) is 0 Å². The Morgan fingerprint density at radius 2 is 1.46 bits per heavy atom. The predicted molar refractivity (Wildman–Crippen MR) is 97.1 cm³/mol. The summed E-state index contributed by atoms with van der Waals surface area (Å²) in [5.74, 6) is 1.41. The molecule has 0 saturated carbocycles. The van der Waals surface area contributed by atoms with Crippen LogP contribution in [0, 0.1) is 5.82 Å². The maximum atomic E-state index is 13.3. The third-order valence-electron chi connectivity index (χ3n) is 4.33. The molecule has 0 N–H and O–H groups in total. The summed E-state index contributed by atoms with van der Waals surface area (Å²) < 4.78 is 15.4. The van der Waals surface area contributed by atoms with Gasteiger partial charge >= 0.3 is 0 Å². The predicted octanol–water partition coefficient (Wildman–Crippen LogP) is 5.93. The van der Waals surface area contributed by atoms with Crippen molar-refractivity contribution in [2.45, 2.75) is 39.5 Å². The molecule has 0 amide bonds. The third kappa shape index (κ3) is 2.99. The van der Waals surface area contributed by atoms with Crippen molar-refractivity contribution in [3.63, 3.8) is 0 Å². The summed E-state index contributed by atoms with van der Waals surface area (Å²) in [5, 5.41) is 0. The first kappa shape index (κ1) is 16.4. The minimum absolute atomic E-state index is 0.234. The second-order valence-electron chi connectivity index (χ2n) is 6.72. The number of imidazole rings is 1. The lowest BCUT2D eigenvalue weighted by atomic mass is 9.92. The van der Waals surface area contributed by atoms with E-state index in [1.165, 1.54) is 28.9 Å². The summed E-state index contributed by atoms with van der Waals surface area (Å²) >= 11 is 0. The summed E-state index contributed by atoms with van der Waals surface area (Å²) in [7, 11) is 0. The van der Waals surface area contributed by atoms with Crippen LogP contribution in [0.15, 0.2) is 54.9 Å². The van der Waals surface area contributed by atoms with Crippen molar-refractivity contribution in [3.05, 3.63) is 71.8 Å². The molecule has 0 atom stereocenters. The fourth-order valence-corrected chi connectivity index (χ4v) is 3.09. The number of aromatic nitrogens is 2. The third-order valence-corrected chi connectivity index (χ3v) is 4.33. The van der Waals surface area contributed by atoms with Gasteiger partial charge in [-0.25, -0.2) is 9.37 Å². The standard InChI is InChI=1S/C21H23FN2/c1-14(2)18-6-5-7-19(15(3)4)20(18)24-13-12-23-21(24)16-8-10-17(22)11-9-16/h5-15H,1-4H3. The molecule has 124 valence electrons. The molecular weight excluding hydrogens is 299 g/mol. The van der Waals surface area contributed by atoms with Gasteiger partial charge in [0.15, 0.2) is 0 Å². The number of para-hydroxylation sites is 1. The van der Waals surface area contributed by atoms with Crippen LogP contribution in [0.4, 0.5) is 4.39 Å². The Kier molecular flexibility index (Phi) is 4.52. The lowest BCUT2D eigenvalue weighted by Crippen LogP contribution is -2.07. The monoisotopic (exact) mass is 322 g/mol. The molecule has 0 aliphatic rings. The van der Waals surface area contributed by atoms with Gasteiger partial charge in [-0.15, -0.1) is 0 Å². The van der Waals surface area contributed by atoms with Crippen molar-refractivity contribution in [3.8, 4) is 17.1 Å². The van der Waals surface area contributed by atoms with Crippen molar-refractivity contribution in [2.75, 3.05) is 0 Å². The van der Waals surface area contributed by atoms with E-state index in [0.717, 1.165) is 11.4 Å². The van der Waals surface area contributed by atoms with Gasteiger partial charge in [0.05, 0.1) is 5.69 Å². The van der Waals surface area contributed by atoms with Crippen molar-refractivity contribution >= 4 is 0 Å². The second-order valence-corrected chi connectivity index (χ2v) is 6.72. The minimum atomic E-state index is -0.234. The molecular formula is C21H23FN2. The largest absolute Gasteiger partial charge is 0.299 e. The van der Waals surface area contributed by atoms with Crippen molar-refractivity contribution in [1.82, 2.24) is 9.55 Å². The molecule has 24 heavy (non-hydrogen) atoms. The summed E-state index contributed by atoms with van der Waals surface area (Å²) in [6.45, 7) is 8.82. The van der Waals surface area contributed by atoms with Gasteiger partial charge in [-0.3, -0.25) is 4.57 Å². The van der Waals surface area contributed by atoms with E-state index in [1.807, 2.05) is 6.20 Å². The van der Waals surface area contributed by atoms with Crippen molar-refractivity contribution in [2.24, 2.45) is 0 Å². The SMILES string of the molecule is CC(C)c1cccc(C(C)C)c1-n1ccnc1-c1ccc(F)cc1. The van der Waals surface area contributed by atoms with Crippen molar-refractivity contribution < 1.29 is 4.39 Å². The Morgan fingerprint density at radius 1 is 0.875 bits per heavy atom. The molecule has 3 aromatic rings. The minimum Gasteiger partial charge on any atom is -0.299 e. The first-order chi connectivity index (χ1) is 11.5. The summed E-state index contributed by atoms with van der Waals surface area (Å²) in [6, 6.07) is 13.0. The molecule has 1 aromatic heterocycles. The highest BCUT2D eigenvalue weighted by atomic mass is 19.1. The molecule has 2 nitrogen and oxygen atoms in total. The van der Waals surface area contributed by atoms with Crippen LogP contribution in [0.2, 0.25) is 0 Å². The highest BCUT2D eigenvalue weighted by molar-refractivity contribution is 5.62. The van der Waals surface area contributed by atoms with Crippen LogP contribution in [-0.4, -0.2) is 9.55 Å². The molecule has 3 heteroatoms. The number of hydrogen-bond acceptors (Lipinski definition) is 1. The fraction of sp³-hybridized carbons (Fsp3) is 0.286. The first-order valence-corrected chi connectivity index (χ1v) is 8.41. The molecule has 0 bridgehead atoms. The maximum Gasteiger partial charge on any atom is 0.144 e. The molecule has 0 spiro atoms. The zero-order valence-electron chi connectivity index (χ0n) is 14.6. The van der Waals surface area contributed by atoms with E-state index in [-0.39, 0.29) is 5.82 Å². The van der Waals surface area contributed by atoms with Gasteiger partial charge in [0, 0.05) is 18.0 Å². The van der Waals surface area contributed by atoms with E-state index in [4.69, 9.17) is 0 Å². The lowest BCUT2D eigenvalue weighted by Gasteiger charge is -2.21. The molecule has 2 aromatic carbocycles. The Labute approximate surface area is 143 Å². The summed E-state index contributed by atoms with van der Waals surface area (Å²) in [6.07, 6.45) is 3.80. The highest BCUT2D eigenvalue weighted by Crippen LogP contribution is 2.33. The van der Waals surface area contributed by atoms with Gasteiger partial charge in [-0.2, -0.15) is 0 Å². The van der Waals surface area contributed by atoms with Gasteiger partial charge in [0.1, 0.15) is 11.6 Å². The van der Waals surface area contributed by atoms with E-state index in [0.29, 0.717) is 11.8 Å². The molecule has 0 aliphatic heterocycles. The zero-order valence-corrected chi connectivity index (χ0v) is 14.6. The zero-order chi connectivity index (χ0) is 17.3. The summed E-state index contributed by atoms with van der Waals surface area (Å²) in [4.78, 5) is 4.53. The topological polar surface area (TPSA) is 17.8 Å². The quantitative estimate of drug-likeness (QED) is 0.582. The van der Waals surface area contributed by atoms with E-state index in [9.17, 15) is 4.39 Å².